The number of aryl methyl sites for hydroxylation is 1. The van der Waals surface area contributed by atoms with E-state index >= 15 is 0 Å². The van der Waals surface area contributed by atoms with Crippen molar-refractivity contribution in [1.82, 2.24) is 9.97 Å². The average Bonchev–Trinajstić information content (AvgIpc) is 3.12. The molecule has 0 aliphatic heterocycles. The highest BCUT2D eigenvalue weighted by Gasteiger charge is 2.34. The fourth-order valence-corrected chi connectivity index (χ4v) is 4.77. The molecule has 0 aliphatic rings. The fourth-order valence-electron chi connectivity index (χ4n) is 3.30. The highest BCUT2D eigenvalue weighted by atomic mass is 35.5. The summed E-state index contributed by atoms with van der Waals surface area (Å²) in [6, 6.07) is 6.23. The van der Waals surface area contributed by atoms with Gasteiger partial charge in [-0.15, -0.1) is 0 Å². The molecule has 2 aromatic carbocycles. The molecular weight excluding hydrogens is 534 g/mol. The lowest BCUT2D eigenvalue weighted by molar-refractivity contribution is -0.138. The number of anilines is 1. The van der Waals surface area contributed by atoms with Crippen LogP contribution in [-0.2, 0) is 16.2 Å². The highest BCUT2D eigenvalue weighted by molar-refractivity contribution is 7.92. The number of carbonyl (C=O) groups is 1. The van der Waals surface area contributed by atoms with Crippen LogP contribution in [0.2, 0.25) is 10.0 Å². The molecule has 2 N–H and O–H groups in total. The number of fused-ring (bicyclic) bond motifs is 1. The Morgan fingerprint density at radius 3 is 2.54 bits per heavy atom. The molecule has 0 aliphatic carbocycles. The van der Waals surface area contributed by atoms with Crippen LogP contribution in [0, 0.1) is 6.92 Å². The van der Waals surface area contributed by atoms with Gasteiger partial charge in [0.2, 0.25) is 5.78 Å². The third-order valence-electron chi connectivity index (χ3n) is 4.90. The van der Waals surface area contributed by atoms with Gasteiger partial charge < -0.3 is 4.42 Å². The molecule has 2 heterocycles. The molecule has 35 heavy (non-hydrogen) atoms. The number of sulfonamides is 1. The number of pyridine rings is 1. The van der Waals surface area contributed by atoms with Crippen LogP contribution in [0.4, 0.5) is 18.9 Å². The van der Waals surface area contributed by atoms with Crippen LogP contribution in [-0.4, -0.2) is 24.2 Å². The van der Waals surface area contributed by atoms with Crippen LogP contribution >= 0.6 is 23.2 Å². The van der Waals surface area contributed by atoms with Crippen molar-refractivity contribution in [2.45, 2.75) is 18.0 Å². The van der Waals surface area contributed by atoms with Gasteiger partial charge in [-0.05, 0) is 42.8 Å². The van der Waals surface area contributed by atoms with Gasteiger partial charge >= 0.3 is 11.9 Å². The molecule has 0 unspecified atom stereocenters. The molecule has 0 amide bonds. The second kappa shape index (κ2) is 8.70. The van der Waals surface area contributed by atoms with E-state index < -0.39 is 49.6 Å². The number of halogens is 5. The molecule has 0 saturated carbocycles. The van der Waals surface area contributed by atoms with E-state index in [1.54, 1.807) is 0 Å². The van der Waals surface area contributed by atoms with E-state index in [4.69, 9.17) is 27.6 Å². The maximum Gasteiger partial charge on any atom is 0.417 e. The number of nitrogens with one attached hydrogen (secondary N) is 2. The first-order valence-corrected chi connectivity index (χ1v) is 11.7. The van der Waals surface area contributed by atoms with Gasteiger partial charge in [-0.1, -0.05) is 29.3 Å². The van der Waals surface area contributed by atoms with Gasteiger partial charge in [0.25, 0.3) is 10.0 Å². The van der Waals surface area contributed by atoms with E-state index in [1.807, 2.05) is 0 Å². The lowest BCUT2D eigenvalue weighted by Crippen LogP contribution is -2.18. The molecule has 0 atom stereocenters. The maximum atomic E-state index is 13.3. The average molecular weight is 546 g/mol. The summed E-state index contributed by atoms with van der Waals surface area (Å²) in [6.07, 6.45) is -3.73. The molecular formula is C21H12Cl2F3N3O5S. The number of oxazole rings is 1. The Morgan fingerprint density at radius 2 is 1.86 bits per heavy atom. The SMILES string of the molecule is Cc1ccc(S(=O)(=O)Nc2cc(Cl)cnc2C(=O)c2c(Cl)ccc3[nH]c(=O)oc23)cc1C(F)(F)F. The van der Waals surface area contributed by atoms with Crippen LogP contribution in [0.5, 0.6) is 0 Å². The number of alkyl halides is 3. The summed E-state index contributed by atoms with van der Waals surface area (Å²) < 4.78 is 72.8. The lowest BCUT2D eigenvalue weighted by Gasteiger charge is -2.15. The van der Waals surface area contributed by atoms with Gasteiger partial charge in [-0.25, -0.2) is 18.2 Å². The maximum absolute atomic E-state index is 13.3. The second-order valence-electron chi connectivity index (χ2n) is 7.27. The molecule has 4 aromatic rings. The number of carbonyl (C=O) groups excluding carboxylic acids is 1. The van der Waals surface area contributed by atoms with Crippen molar-refractivity contribution in [3.05, 3.63) is 85.6 Å². The molecule has 0 fully saturated rings. The minimum atomic E-state index is -4.79. The number of benzene rings is 2. The molecule has 4 rings (SSSR count). The third kappa shape index (κ3) is 4.77. The molecule has 2 aromatic heterocycles. The number of aromatic nitrogens is 2. The van der Waals surface area contributed by atoms with Crippen LogP contribution in [0.25, 0.3) is 11.1 Å². The minimum absolute atomic E-state index is 0.0726. The number of rotatable bonds is 5. The predicted octanol–water partition coefficient (Wildman–Crippen LogP) is 5.18. The molecule has 0 radical (unpaired) electrons. The summed E-state index contributed by atoms with van der Waals surface area (Å²) >= 11 is 12.1. The summed E-state index contributed by atoms with van der Waals surface area (Å²) in [6.45, 7) is 1.19. The number of H-pyrrole nitrogens is 1. The van der Waals surface area contributed by atoms with Gasteiger partial charge in [-0.2, -0.15) is 13.2 Å². The van der Waals surface area contributed by atoms with Gasteiger partial charge in [0.15, 0.2) is 5.58 Å². The van der Waals surface area contributed by atoms with E-state index in [2.05, 4.69) is 14.7 Å². The number of hydrogen-bond donors (Lipinski definition) is 2. The van der Waals surface area contributed by atoms with Gasteiger partial charge in [0, 0.05) is 6.20 Å². The lowest BCUT2D eigenvalue weighted by atomic mass is 10.1. The van der Waals surface area contributed by atoms with E-state index in [-0.39, 0.29) is 32.3 Å². The summed E-state index contributed by atoms with van der Waals surface area (Å²) in [5.74, 6) is -1.79. The van der Waals surface area contributed by atoms with Gasteiger partial charge in [0.05, 0.1) is 37.3 Å². The van der Waals surface area contributed by atoms with Crippen LogP contribution in [0.15, 0.2) is 56.7 Å². The standard InChI is InChI=1S/C21H12Cl2F3N3O5S/c1-9-2-3-11(7-12(9)21(24,25)26)35(32,33)29-15-6-10(22)8-27-17(15)18(30)16-13(23)4-5-14-19(16)34-20(31)28-14/h2-8,29H,1H3,(H,28,31). The second-order valence-corrected chi connectivity index (χ2v) is 9.80. The molecule has 0 bridgehead atoms. The first-order valence-electron chi connectivity index (χ1n) is 9.50. The van der Waals surface area contributed by atoms with Gasteiger partial charge in [0.1, 0.15) is 5.69 Å². The Hall–Kier alpha value is -3.35. The summed E-state index contributed by atoms with van der Waals surface area (Å²) in [5, 5.41) is -0.194. The number of hydrogen-bond acceptors (Lipinski definition) is 6. The molecule has 14 heteroatoms. The largest absolute Gasteiger partial charge is 0.417 e. The van der Waals surface area contributed by atoms with E-state index in [0.717, 1.165) is 24.4 Å². The number of nitrogens with zero attached hydrogens (tertiary/aromatic N) is 1. The Labute approximate surface area is 204 Å². The minimum Gasteiger partial charge on any atom is -0.407 e. The smallest absolute Gasteiger partial charge is 0.407 e. The Bertz CT molecular complexity index is 1660. The van der Waals surface area contributed by atoms with Crippen LogP contribution in [0.3, 0.4) is 0 Å². The zero-order valence-corrected chi connectivity index (χ0v) is 19.7. The summed E-state index contributed by atoms with van der Waals surface area (Å²) in [7, 11) is -4.63. The zero-order chi connectivity index (χ0) is 25.7. The van der Waals surface area contributed by atoms with Gasteiger partial charge in [-0.3, -0.25) is 14.5 Å². The third-order valence-corrected chi connectivity index (χ3v) is 6.79. The molecule has 8 nitrogen and oxygen atoms in total. The Kier molecular flexibility index (Phi) is 6.16. The first-order chi connectivity index (χ1) is 16.3. The molecule has 0 saturated heterocycles. The van der Waals surface area contributed by atoms with E-state index in [1.165, 1.54) is 19.1 Å². The van der Waals surface area contributed by atoms with Crippen molar-refractivity contribution in [3.63, 3.8) is 0 Å². The van der Waals surface area contributed by atoms with Crippen molar-refractivity contribution in [2.75, 3.05) is 4.72 Å². The molecule has 182 valence electrons. The van der Waals surface area contributed by atoms with Crippen LogP contribution in [0.1, 0.15) is 27.2 Å². The van der Waals surface area contributed by atoms with Crippen molar-refractivity contribution in [3.8, 4) is 0 Å². The van der Waals surface area contributed by atoms with Crippen molar-refractivity contribution in [1.29, 1.82) is 0 Å². The van der Waals surface area contributed by atoms with E-state index in [0.29, 0.717) is 6.07 Å². The van der Waals surface area contributed by atoms with E-state index in [9.17, 15) is 31.2 Å². The monoisotopic (exact) mass is 545 g/mol. The normalized spacial score (nSPS) is 12.2. The summed E-state index contributed by atoms with van der Waals surface area (Å²) in [4.78, 5) is 30.5. The number of aromatic amines is 1. The quantitative estimate of drug-likeness (QED) is 0.333. The Morgan fingerprint density at radius 1 is 1.14 bits per heavy atom. The number of ketones is 1. The summed E-state index contributed by atoms with van der Waals surface area (Å²) in [5.41, 5.74) is -2.55. The van der Waals surface area contributed by atoms with Crippen LogP contribution < -0.4 is 10.5 Å². The predicted molar refractivity (Wildman–Crippen MR) is 122 cm³/mol. The van der Waals surface area contributed by atoms with Crippen molar-refractivity contribution in [2.24, 2.45) is 0 Å². The van der Waals surface area contributed by atoms with Crippen molar-refractivity contribution < 1.29 is 30.8 Å². The topological polar surface area (TPSA) is 122 Å². The first kappa shape index (κ1) is 24.8. The highest BCUT2D eigenvalue weighted by Crippen LogP contribution is 2.34. The zero-order valence-electron chi connectivity index (χ0n) is 17.3. The van der Waals surface area contributed by atoms with Crippen molar-refractivity contribution >= 4 is 55.8 Å². The molecule has 0 spiro atoms. The Balaban J connectivity index is 1.82. The fraction of sp³-hybridized carbons (Fsp3) is 0.0952.